The number of aliphatic hydroxyl groups is 1. The van der Waals surface area contributed by atoms with Crippen molar-refractivity contribution in [2.24, 2.45) is 0 Å². The Morgan fingerprint density at radius 2 is 2.26 bits per heavy atom. The van der Waals surface area contributed by atoms with Crippen LogP contribution in [0.4, 0.5) is 10.1 Å². The maximum atomic E-state index is 12.9. The van der Waals surface area contributed by atoms with Gasteiger partial charge in [0.2, 0.25) is 5.91 Å². The van der Waals surface area contributed by atoms with Crippen LogP contribution >= 0.6 is 11.6 Å². The van der Waals surface area contributed by atoms with Crippen molar-refractivity contribution in [3.63, 3.8) is 0 Å². The molecule has 1 unspecified atom stereocenters. The van der Waals surface area contributed by atoms with Crippen molar-refractivity contribution in [2.45, 2.75) is 19.4 Å². The summed E-state index contributed by atoms with van der Waals surface area (Å²) in [6.45, 7) is 2.52. The molecule has 1 amide bonds. The Balaban J connectivity index is 2.44. The van der Waals surface area contributed by atoms with Crippen LogP contribution in [0.5, 0.6) is 0 Å². The molecule has 1 atom stereocenters. The fraction of sp³-hybridized carbons (Fsp3) is 0.462. The molecule has 0 bridgehead atoms. The van der Waals surface area contributed by atoms with Gasteiger partial charge in [0, 0.05) is 12.2 Å². The molecule has 0 radical (unpaired) electrons. The minimum atomic E-state index is -0.520. The van der Waals surface area contributed by atoms with Gasteiger partial charge in [0.15, 0.2) is 0 Å². The van der Waals surface area contributed by atoms with E-state index in [0.29, 0.717) is 18.7 Å². The Hall–Kier alpha value is -1.17. The van der Waals surface area contributed by atoms with Crippen LogP contribution in [0.2, 0.25) is 5.02 Å². The number of halogens is 2. The third-order valence-corrected chi connectivity index (χ3v) is 2.84. The van der Waals surface area contributed by atoms with Gasteiger partial charge in [-0.3, -0.25) is 9.69 Å². The molecule has 106 valence electrons. The zero-order valence-electron chi connectivity index (χ0n) is 11.0. The molecular weight excluding hydrogens is 271 g/mol. The molecule has 1 aromatic rings. The summed E-state index contributed by atoms with van der Waals surface area (Å²) in [6, 6.07) is 4.02. The number of aliphatic hydroxyl groups excluding tert-OH is 1. The van der Waals surface area contributed by atoms with Gasteiger partial charge in [0.05, 0.1) is 17.7 Å². The number of hydrogen-bond acceptors (Lipinski definition) is 3. The molecule has 6 heteroatoms. The summed E-state index contributed by atoms with van der Waals surface area (Å²) in [7, 11) is 1.79. The number of nitrogens with zero attached hydrogens (tertiary/aromatic N) is 1. The first-order chi connectivity index (χ1) is 8.88. The van der Waals surface area contributed by atoms with Crippen LogP contribution in [0.1, 0.15) is 13.3 Å². The SMILES string of the molecule is CC(O)CCN(C)CC(=O)Nc1ccc(F)c(Cl)c1. The number of anilines is 1. The molecule has 0 aliphatic rings. The number of likely N-dealkylation sites (N-methyl/N-ethyl adjacent to an activating group) is 1. The van der Waals surface area contributed by atoms with E-state index in [0.717, 1.165) is 0 Å². The molecular formula is C13H18ClFN2O2. The summed E-state index contributed by atoms with van der Waals surface area (Å²) < 4.78 is 12.9. The molecule has 19 heavy (non-hydrogen) atoms. The molecule has 1 rings (SSSR count). The highest BCUT2D eigenvalue weighted by atomic mass is 35.5. The molecule has 2 N–H and O–H groups in total. The number of rotatable bonds is 6. The van der Waals surface area contributed by atoms with Crippen LogP contribution in [0, 0.1) is 5.82 Å². The van der Waals surface area contributed by atoms with E-state index in [4.69, 9.17) is 16.7 Å². The largest absolute Gasteiger partial charge is 0.393 e. The third-order valence-electron chi connectivity index (χ3n) is 2.55. The van der Waals surface area contributed by atoms with Gasteiger partial charge in [0.25, 0.3) is 0 Å². The number of carbonyl (C=O) groups is 1. The lowest BCUT2D eigenvalue weighted by Crippen LogP contribution is -2.32. The number of amides is 1. The van der Waals surface area contributed by atoms with Crippen molar-refractivity contribution in [3.05, 3.63) is 29.0 Å². The van der Waals surface area contributed by atoms with Crippen molar-refractivity contribution >= 4 is 23.2 Å². The standard InChI is InChI=1S/C13H18ClFN2O2/c1-9(18)5-6-17(2)8-13(19)16-10-3-4-12(15)11(14)7-10/h3-4,7,9,18H,5-6,8H2,1-2H3,(H,16,19). The van der Waals surface area contributed by atoms with Crippen LogP contribution < -0.4 is 5.32 Å². The quantitative estimate of drug-likeness (QED) is 0.843. The normalized spacial score (nSPS) is 12.5. The summed E-state index contributed by atoms with van der Waals surface area (Å²) in [4.78, 5) is 13.5. The van der Waals surface area contributed by atoms with Gasteiger partial charge < -0.3 is 10.4 Å². The monoisotopic (exact) mass is 288 g/mol. The first-order valence-electron chi connectivity index (χ1n) is 6.00. The molecule has 0 aliphatic heterocycles. The Morgan fingerprint density at radius 3 is 2.84 bits per heavy atom. The number of carbonyl (C=O) groups excluding carboxylic acids is 1. The number of benzene rings is 1. The highest BCUT2D eigenvalue weighted by Gasteiger charge is 2.09. The molecule has 4 nitrogen and oxygen atoms in total. The summed E-state index contributed by atoms with van der Waals surface area (Å²) in [5.74, 6) is -0.732. The van der Waals surface area contributed by atoms with Crippen LogP contribution in [-0.2, 0) is 4.79 Å². The van der Waals surface area contributed by atoms with E-state index in [2.05, 4.69) is 5.32 Å². The van der Waals surface area contributed by atoms with Crippen LogP contribution in [0.15, 0.2) is 18.2 Å². The van der Waals surface area contributed by atoms with Gasteiger partial charge in [0.1, 0.15) is 5.82 Å². The summed E-state index contributed by atoms with van der Waals surface area (Å²) in [5.41, 5.74) is 0.459. The lowest BCUT2D eigenvalue weighted by molar-refractivity contribution is -0.117. The maximum Gasteiger partial charge on any atom is 0.238 e. The van der Waals surface area contributed by atoms with E-state index in [1.807, 2.05) is 0 Å². The Morgan fingerprint density at radius 1 is 1.58 bits per heavy atom. The second-order valence-corrected chi connectivity index (χ2v) is 4.96. The average molecular weight is 289 g/mol. The van der Waals surface area contributed by atoms with Gasteiger partial charge in [-0.15, -0.1) is 0 Å². The molecule has 0 aromatic heterocycles. The van der Waals surface area contributed by atoms with Gasteiger partial charge in [-0.25, -0.2) is 4.39 Å². The molecule has 0 fully saturated rings. The van der Waals surface area contributed by atoms with E-state index in [-0.39, 0.29) is 23.6 Å². The van der Waals surface area contributed by atoms with E-state index < -0.39 is 5.82 Å². The topological polar surface area (TPSA) is 52.6 Å². The molecule has 0 aliphatic carbocycles. The summed E-state index contributed by atoms with van der Waals surface area (Å²) in [5, 5.41) is 11.8. The molecule has 0 saturated carbocycles. The fourth-order valence-corrected chi connectivity index (χ4v) is 1.69. The smallest absolute Gasteiger partial charge is 0.238 e. The van der Waals surface area contributed by atoms with Crippen molar-refractivity contribution in [2.75, 3.05) is 25.5 Å². The average Bonchev–Trinajstić information content (AvgIpc) is 2.31. The Labute approximate surface area is 117 Å². The minimum absolute atomic E-state index is 0.0275. The van der Waals surface area contributed by atoms with E-state index in [9.17, 15) is 9.18 Å². The number of hydrogen-bond donors (Lipinski definition) is 2. The van der Waals surface area contributed by atoms with Gasteiger partial charge >= 0.3 is 0 Å². The second kappa shape index (κ2) is 7.43. The molecule has 1 aromatic carbocycles. The summed E-state index contributed by atoms with van der Waals surface area (Å²) >= 11 is 5.62. The first kappa shape index (κ1) is 15.9. The zero-order chi connectivity index (χ0) is 14.4. The van der Waals surface area contributed by atoms with Gasteiger partial charge in [-0.1, -0.05) is 11.6 Å². The van der Waals surface area contributed by atoms with Crippen molar-refractivity contribution in [1.29, 1.82) is 0 Å². The Bertz CT molecular complexity index is 441. The van der Waals surface area contributed by atoms with Gasteiger partial charge in [-0.2, -0.15) is 0 Å². The second-order valence-electron chi connectivity index (χ2n) is 4.55. The molecule has 0 heterocycles. The summed E-state index contributed by atoms with van der Waals surface area (Å²) in [6.07, 6.45) is 0.216. The highest BCUT2D eigenvalue weighted by molar-refractivity contribution is 6.31. The van der Waals surface area contributed by atoms with E-state index >= 15 is 0 Å². The van der Waals surface area contributed by atoms with E-state index in [1.54, 1.807) is 18.9 Å². The Kier molecular flexibility index (Phi) is 6.21. The predicted octanol–water partition coefficient (Wildman–Crippen LogP) is 2.12. The van der Waals surface area contributed by atoms with Crippen molar-refractivity contribution < 1.29 is 14.3 Å². The predicted molar refractivity (Wildman–Crippen MR) is 73.8 cm³/mol. The highest BCUT2D eigenvalue weighted by Crippen LogP contribution is 2.19. The van der Waals surface area contributed by atoms with Crippen molar-refractivity contribution in [3.8, 4) is 0 Å². The first-order valence-corrected chi connectivity index (χ1v) is 6.38. The van der Waals surface area contributed by atoms with Crippen LogP contribution in [0.25, 0.3) is 0 Å². The van der Waals surface area contributed by atoms with Crippen molar-refractivity contribution in [1.82, 2.24) is 4.90 Å². The van der Waals surface area contributed by atoms with E-state index in [1.165, 1.54) is 18.2 Å². The third kappa shape index (κ3) is 6.00. The van der Waals surface area contributed by atoms with Gasteiger partial charge in [-0.05, 0) is 38.6 Å². The molecule has 0 saturated heterocycles. The maximum absolute atomic E-state index is 12.9. The lowest BCUT2D eigenvalue weighted by atomic mass is 10.2. The molecule has 0 spiro atoms. The van der Waals surface area contributed by atoms with Crippen LogP contribution in [0.3, 0.4) is 0 Å². The number of nitrogens with one attached hydrogen (secondary N) is 1. The fourth-order valence-electron chi connectivity index (χ4n) is 1.51. The minimum Gasteiger partial charge on any atom is -0.393 e. The lowest BCUT2D eigenvalue weighted by Gasteiger charge is -2.17. The zero-order valence-corrected chi connectivity index (χ0v) is 11.7. The van der Waals surface area contributed by atoms with Crippen LogP contribution in [-0.4, -0.2) is 42.2 Å².